The van der Waals surface area contributed by atoms with Gasteiger partial charge in [-0.15, -0.1) is 0 Å². The van der Waals surface area contributed by atoms with Crippen molar-refractivity contribution in [1.82, 2.24) is 4.98 Å². The van der Waals surface area contributed by atoms with Crippen LogP contribution >= 0.6 is 0 Å². The normalized spacial score (nSPS) is 19.8. The second-order valence-electron chi connectivity index (χ2n) is 6.53. The summed E-state index contributed by atoms with van der Waals surface area (Å²) in [5.74, 6) is -0.0866. The van der Waals surface area contributed by atoms with Crippen molar-refractivity contribution in [2.24, 2.45) is 5.41 Å². The number of Topliss-reactive ketones (excluding diaryl/α,β-unsaturated/α-hetero) is 1. The number of rotatable bonds is 2. The third-order valence-electron chi connectivity index (χ3n) is 4.30. The summed E-state index contributed by atoms with van der Waals surface area (Å²) in [5, 5.41) is 9.23. The van der Waals surface area contributed by atoms with Gasteiger partial charge in [0, 0.05) is 22.6 Å². The molecule has 0 saturated heterocycles. The number of benzene rings is 1. The van der Waals surface area contributed by atoms with Gasteiger partial charge in [-0.1, -0.05) is 56.3 Å². The lowest BCUT2D eigenvalue weighted by Gasteiger charge is -2.31. The Hall–Kier alpha value is -2.73. The van der Waals surface area contributed by atoms with Crippen molar-refractivity contribution in [3.63, 3.8) is 0 Å². The summed E-state index contributed by atoms with van der Waals surface area (Å²) in [6.07, 6.45) is 2.44. The molecule has 1 heterocycles. The van der Waals surface area contributed by atoms with Gasteiger partial charge in [0.05, 0.1) is 11.3 Å². The number of carbonyl (C=O) groups excluding carboxylic acids is 1. The van der Waals surface area contributed by atoms with Crippen LogP contribution in [0.4, 0.5) is 0 Å². The fraction of sp³-hybridized carbons (Fsp3) is 0.250. The molecule has 1 aliphatic carbocycles. The van der Waals surface area contributed by atoms with E-state index < -0.39 is 5.41 Å². The van der Waals surface area contributed by atoms with E-state index in [1.165, 1.54) is 0 Å². The molecule has 0 saturated carbocycles. The van der Waals surface area contributed by atoms with Crippen molar-refractivity contribution >= 4 is 5.78 Å². The molecule has 1 unspecified atom stereocenters. The van der Waals surface area contributed by atoms with Gasteiger partial charge in [0.25, 0.3) is 0 Å². The highest BCUT2D eigenvalue weighted by molar-refractivity contribution is 6.03. The van der Waals surface area contributed by atoms with Gasteiger partial charge in [0.2, 0.25) is 0 Å². The predicted octanol–water partition coefficient (Wildman–Crippen LogP) is 4.28. The molecule has 1 aromatic heterocycles. The van der Waals surface area contributed by atoms with E-state index in [1.54, 1.807) is 6.08 Å². The van der Waals surface area contributed by atoms with E-state index in [-0.39, 0.29) is 17.3 Å². The SMILES string of the molecule is CC1(C)CC(c2cccc(-c3ccccc3)n2)C=C(C#N)C1=O. The van der Waals surface area contributed by atoms with Crippen molar-refractivity contribution in [3.05, 3.63) is 65.9 Å². The summed E-state index contributed by atoms with van der Waals surface area (Å²) < 4.78 is 0. The zero-order valence-electron chi connectivity index (χ0n) is 13.3. The van der Waals surface area contributed by atoms with Gasteiger partial charge in [-0.2, -0.15) is 5.26 Å². The molecule has 23 heavy (non-hydrogen) atoms. The number of nitrogens with zero attached hydrogens (tertiary/aromatic N) is 2. The molecule has 1 aromatic carbocycles. The van der Waals surface area contributed by atoms with E-state index in [4.69, 9.17) is 4.98 Å². The van der Waals surface area contributed by atoms with E-state index >= 15 is 0 Å². The summed E-state index contributed by atoms with van der Waals surface area (Å²) in [6.45, 7) is 3.79. The van der Waals surface area contributed by atoms with E-state index in [2.05, 4.69) is 0 Å². The van der Waals surface area contributed by atoms with Crippen LogP contribution in [0.3, 0.4) is 0 Å². The van der Waals surface area contributed by atoms with Gasteiger partial charge in [-0.25, -0.2) is 0 Å². The molecule has 1 aliphatic rings. The van der Waals surface area contributed by atoms with Crippen LogP contribution in [0.1, 0.15) is 31.9 Å². The lowest BCUT2D eigenvalue weighted by atomic mass is 9.71. The molecule has 0 aliphatic heterocycles. The van der Waals surface area contributed by atoms with Gasteiger partial charge in [0.1, 0.15) is 6.07 Å². The first-order valence-corrected chi connectivity index (χ1v) is 7.70. The van der Waals surface area contributed by atoms with Crippen molar-refractivity contribution in [2.75, 3.05) is 0 Å². The van der Waals surface area contributed by atoms with Crippen LogP contribution < -0.4 is 0 Å². The second kappa shape index (κ2) is 5.81. The molecule has 0 spiro atoms. The Balaban J connectivity index is 2.01. The number of aromatic nitrogens is 1. The van der Waals surface area contributed by atoms with Gasteiger partial charge in [0.15, 0.2) is 5.78 Å². The van der Waals surface area contributed by atoms with Gasteiger partial charge in [-0.05, 0) is 18.6 Å². The van der Waals surface area contributed by atoms with Crippen molar-refractivity contribution in [3.8, 4) is 17.3 Å². The zero-order valence-corrected chi connectivity index (χ0v) is 13.3. The minimum atomic E-state index is -0.533. The molecule has 0 amide bonds. The van der Waals surface area contributed by atoms with Crippen LogP contribution in [-0.2, 0) is 4.79 Å². The Labute approximate surface area is 136 Å². The molecule has 0 bridgehead atoms. The second-order valence-corrected chi connectivity index (χ2v) is 6.53. The smallest absolute Gasteiger partial charge is 0.178 e. The average Bonchev–Trinajstić information content (AvgIpc) is 2.58. The van der Waals surface area contributed by atoms with Crippen molar-refractivity contribution in [2.45, 2.75) is 26.2 Å². The van der Waals surface area contributed by atoms with Gasteiger partial charge >= 0.3 is 0 Å². The van der Waals surface area contributed by atoms with Crippen molar-refractivity contribution < 1.29 is 4.79 Å². The quantitative estimate of drug-likeness (QED) is 0.832. The van der Waals surface area contributed by atoms with Crippen LogP contribution in [0.25, 0.3) is 11.3 Å². The van der Waals surface area contributed by atoms with E-state index in [0.29, 0.717) is 6.42 Å². The molecular weight excluding hydrogens is 284 g/mol. The molecule has 114 valence electrons. The summed E-state index contributed by atoms with van der Waals surface area (Å²) in [4.78, 5) is 17.0. The van der Waals surface area contributed by atoms with E-state index in [0.717, 1.165) is 17.0 Å². The number of nitriles is 1. The highest BCUT2D eigenvalue weighted by Gasteiger charge is 2.37. The highest BCUT2D eigenvalue weighted by atomic mass is 16.1. The Kier molecular flexibility index (Phi) is 3.83. The number of carbonyl (C=O) groups is 1. The predicted molar refractivity (Wildman–Crippen MR) is 89.5 cm³/mol. The lowest BCUT2D eigenvalue weighted by molar-refractivity contribution is -0.123. The maximum absolute atomic E-state index is 12.2. The number of pyridine rings is 1. The van der Waals surface area contributed by atoms with E-state index in [1.807, 2.05) is 68.4 Å². The minimum Gasteiger partial charge on any atom is -0.293 e. The third kappa shape index (κ3) is 2.93. The molecule has 0 N–H and O–H groups in total. The van der Waals surface area contributed by atoms with E-state index in [9.17, 15) is 10.1 Å². The van der Waals surface area contributed by atoms with Crippen LogP contribution in [0.5, 0.6) is 0 Å². The van der Waals surface area contributed by atoms with Crippen LogP contribution in [-0.4, -0.2) is 10.8 Å². The molecule has 0 radical (unpaired) electrons. The summed E-state index contributed by atoms with van der Waals surface area (Å²) in [5.41, 5.74) is 2.59. The first kappa shape index (κ1) is 15.2. The topological polar surface area (TPSA) is 53.8 Å². The Morgan fingerprint density at radius 3 is 2.57 bits per heavy atom. The standard InChI is InChI=1S/C20H18N2O/c1-20(2)12-15(11-16(13-21)19(20)23)18-10-6-9-17(22-18)14-7-4-3-5-8-14/h3-11,15H,12H2,1-2H3. The molecule has 0 fully saturated rings. The molecule has 3 nitrogen and oxygen atoms in total. The maximum Gasteiger partial charge on any atom is 0.178 e. The fourth-order valence-corrected chi connectivity index (χ4v) is 3.05. The molecule has 3 heteroatoms. The average molecular weight is 302 g/mol. The van der Waals surface area contributed by atoms with Crippen LogP contribution in [0.2, 0.25) is 0 Å². The molecule has 3 rings (SSSR count). The Morgan fingerprint density at radius 1 is 1.13 bits per heavy atom. The Morgan fingerprint density at radius 2 is 1.87 bits per heavy atom. The third-order valence-corrected chi connectivity index (χ3v) is 4.30. The highest BCUT2D eigenvalue weighted by Crippen LogP contribution is 2.39. The summed E-state index contributed by atoms with van der Waals surface area (Å²) in [7, 11) is 0. The Bertz CT molecular complexity index is 813. The fourth-order valence-electron chi connectivity index (χ4n) is 3.05. The zero-order chi connectivity index (χ0) is 16.4. The van der Waals surface area contributed by atoms with Crippen LogP contribution in [0.15, 0.2) is 60.2 Å². The molecule has 1 atom stereocenters. The lowest BCUT2D eigenvalue weighted by Crippen LogP contribution is -2.31. The number of allylic oxidation sites excluding steroid dienone is 2. The number of hydrogen-bond acceptors (Lipinski definition) is 3. The first-order valence-electron chi connectivity index (χ1n) is 7.70. The van der Waals surface area contributed by atoms with Crippen LogP contribution in [0, 0.1) is 16.7 Å². The largest absolute Gasteiger partial charge is 0.293 e. The van der Waals surface area contributed by atoms with Gasteiger partial charge < -0.3 is 0 Å². The minimum absolute atomic E-state index is 0.0130. The summed E-state index contributed by atoms with van der Waals surface area (Å²) >= 11 is 0. The van der Waals surface area contributed by atoms with Gasteiger partial charge in [-0.3, -0.25) is 9.78 Å². The molecule has 2 aromatic rings. The monoisotopic (exact) mass is 302 g/mol. The number of hydrogen-bond donors (Lipinski definition) is 0. The van der Waals surface area contributed by atoms with Crippen molar-refractivity contribution in [1.29, 1.82) is 5.26 Å². The maximum atomic E-state index is 12.2. The first-order chi connectivity index (χ1) is 11.0. The number of ketones is 1. The summed E-state index contributed by atoms with van der Waals surface area (Å²) in [6, 6.07) is 18.0. The molecular formula is C20H18N2O.